The molecule has 0 unspecified atom stereocenters. The van der Waals surface area contributed by atoms with Crippen molar-refractivity contribution in [3.8, 4) is 11.5 Å². The summed E-state index contributed by atoms with van der Waals surface area (Å²) in [5, 5.41) is 0. The fourth-order valence-electron chi connectivity index (χ4n) is 2.71. The Morgan fingerprint density at radius 3 is 2.86 bits per heavy atom. The van der Waals surface area contributed by atoms with E-state index in [4.69, 9.17) is 9.47 Å². The van der Waals surface area contributed by atoms with E-state index < -0.39 is 0 Å². The van der Waals surface area contributed by atoms with Crippen molar-refractivity contribution < 1.29 is 14.3 Å². The molecule has 1 heterocycles. The van der Waals surface area contributed by atoms with Crippen molar-refractivity contribution in [1.29, 1.82) is 0 Å². The van der Waals surface area contributed by atoms with Gasteiger partial charge in [-0.25, -0.2) is 0 Å². The molecular weight excluding hydrogens is 264 g/mol. The molecule has 0 N–H and O–H groups in total. The second-order valence-corrected chi connectivity index (χ2v) is 5.28. The second kappa shape index (κ2) is 5.60. The average Bonchev–Trinajstić information content (AvgIpc) is 2.53. The van der Waals surface area contributed by atoms with E-state index >= 15 is 0 Å². The number of hydrogen-bond acceptors (Lipinski definition) is 3. The molecule has 0 saturated carbocycles. The molecule has 0 fully saturated rings. The number of hydrogen-bond donors (Lipinski definition) is 0. The molecule has 0 radical (unpaired) electrons. The van der Waals surface area contributed by atoms with Crippen molar-refractivity contribution in [2.24, 2.45) is 0 Å². The Hall–Kier alpha value is -2.29. The van der Waals surface area contributed by atoms with Crippen LogP contribution in [0.1, 0.15) is 33.5 Å². The summed E-state index contributed by atoms with van der Waals surface area (Å²) in [4.78, 5) is 12.9. The summed E-state index contributed by atoms with van der Waals surface area (Å²) in [6.07, 6.45) is 1.96. The molecule has 3 heteroatoms. The lowest BCUT2D eigenvalue weighted by Crippen LogP contribution is -2.14. The first kappa shape index (κ1) is 13.7. The van der Waals surface area contributed by atoms with E-state index in [1.165, 1.54) is 0 Å². The van der Waals surface area contributed by atoms with Crippen LogP contribution < -0.4 is 9.47 Å². The van der Waals surface area contributed by atoms with Crippen molar-refractivity contribution in [1.82, 2.24) is 0 Å². The number of para-hydroxylation sites is 1. The predicted octanol–water partition coefficient (Wildman–Crippen LogP) is 3.56. The minimum absolute atomic E-state index is 0.0469. The summed E-state index contributed by atoms with van der Waals surface area (Å²) in [6.45, 7) is 2.63. The zero-order chi connectivity index (χ0) is 14.8. The second-order valence-electron chi connectivity index (χ2n) is 5.28. The van der Waals surface area contributed by atoms with Crippen LogP contribution in [-0.2, 0) is 6.42 Å². The van der Waals surface area contributed by atoms with Crippen LogP contribution in [0.2, 0.25) is 0 Å². The molecule has 0 bridgehead atoms. The zero-order valence-electron chi connectivity index (χ0n) is 12.3. The van der Waals surface area contributed by atoms with Crippen LogP contribution in [0.4, 0.5) is 0 Å². The molecule has 0 spiro atoms. The van der Waals surface area contributed by atoms with Gasteiger partial charge in [0, 0.05) is 0 Å². The molecule has 0 aromatic heterocycles. The molecule has 21 heavy (non-hydrogen) atoms. The topological polar surface area (TPSA) is 35.5 Å². The monoisotopic (exact) mass is 282 g/mol. The molecule has 108 valence electrons. The van der Waals surface area contributed by atoms with Crippen LogP contribution in [0.3, 0.4) is 0 Å². The third-order valence-corrected chi connectivity index (χ3v) is 3.78. The molecular formula is C18H18O3. The molecule has 0 amide bonds. The summed E-state index contributed by atoms with van der Waals surface area (Å²) >= 11 is 0. The molecule has 0 aliphatic carbocycles. The largest absolute Gasteiger partial charge is 0.496 e. The van der Waals surface area contributed by atoms with Crippen molar-refractivity contribution in [3.63, 3.8) is 0 Å². The highest BCUT2D eigenvalue weighted by Gasteiger charge is 2.22. The zero-order valence-corrected chi connectivity index (χ0v) is 12.3. The predicted molar refractivity (Wildman–Crippen MR) is 81.4 cm³/mol. The number of fused-ring (bicyclic) bond motifs is 1. The van der Waals surface area contributed by atoms with Crippen LogP contribution >= 0.6 is 0 Å². The Morgan fingerprint density at radius 1 is 1.19 bits per heavy atom. The SMILES string of the molecule is COc1ccc(C)cc1C(=O)c1cccc2c1OCCC2. The van der Waals surface area contributed by atoms with Crippen molar-refractivity contribution >= 4 is 5.78 Å². The summed E-state index contributed by atoms with van der Waals surface area (Å²) in [6, 6.07) is 11.4. The first-order valence-corrected chi connectivity index (χ1v) is 7.14. The van der Waals surface area contributed by atoms with Gasteiger partial charge in [0.2, 0.25) is 0 Å². The van der Waals surface area contributed by atoms with Gasteiger partial charge in [0.05, 0.1) is 24.8 Å². The summed E-state index contributed by atoms with van der Waals surface area (Å²) in [7, 11) is 1.58. The fourth-order valence-corrected chi connectivity index (χ4v) is 2.71. The first-order valence-electron chi connectivity index (χ1n) is 7.14. The average molecular weight is 282 g/mol. The number of carbonyl (C=O) groups excluding carboxylic acids is 1. The third-order valence-electron chi connectivity index (χ3n) is 3.78. The number of rotatable bonds is 3. The highest BCUT2D eigenvalue weighted by molar-refractivity contribution is 6.12. The Labute approximate surface area is 124 Å². The number of ketones is 1. The van der Waals surface area contributed by atoms with Gasteiger partial charge in [-0.1, -0.05) is 23.8 Å². The molecule has 0 saturated heterocycles. The Balaban J connectivity index is 2.09. The van der Waals surface area contributed by atoms with E-state index in [9.17, 15) is 4.79 Å². The van der Waals surface area contributed by atoms with E-state index in [1.807, 2.05) is 43.3 Å². The number of aryl methyl sites for hydroxylation is 2. The Morgan fingerprint density at radius 2 is 2.05 bits per heavy atom. The molecule has 3 rings (SSSR count). The lowest BCUT2D eigenvalue weighted by molar-refractivity contribution is 0.103. The van der Waals surface area contributed by atoms with Gasteiger partial charge in [-0.05, 0) is 43.5 Å². The third kappa shape index (κ3) is 2.51. The number of carbonyl (C=O) groups is 1. The standard InChI is InChI=1S/C18H18O3/c1-12-8-9-16(20-2)15(11-12)17(19)14-7-3-5-13-6-4-10-21-18(13)14/h3,5,7-9,11H,4,6,10H2,1-2H3. The summed E-state index contributed by atoms with van der Waals surface area (Å²) < 4.78 is 11.1. The maximum atomic E-state index is 12.9. The maximum Gasteiger partial charge on any atom is 0.200 e. The Kier molecular flexibility index (Phi) is 3.65. The van der Waals surface area contributed by atoms with Gasteiger partial charge in [-0.3, -0.25) is 4.79 Å². The van der Waals surface area contributed by atoms with Crippen LogP contribution in [0.25, 0.3) is 0 Å². The van der Waals surface area contributed by atoms with Gasteiger partial charge >= 0.3 is 0 Å². The first-order chi connectivity index (χ1) is 10.2. The summed E-state index contributed by atoms with van der Waals surface area (Å²) in [5.41, 5.74) is 3.35. The Bertz CT molecular complexity index is 689. The molecule has 2 aromatic carbocycles. The summed E-state index contributed by atoms with van der Waals surface area (Å²) in [5.74, 6) is 1.28. The molecule has 0 atom stereocenters. The van der Waals surface area contributed by atoms with Crippen molar-refractivity contribution in [2.75, 3.05) is 13.7 Å². The van der Waals surface area contributed by atoms with Gasteiger partial charge in [0.15, 0.2) is 5.78 Å². The lowest BCUT2D eigenvalue weighted by atomic mass is 9.95. The molecule has 1 aliphatic heterocycles. The highest BCUT2D eigenvalue weighted by atomic mass is 16.5. The van der Waals surface area contributed by atoms with E-state index in [1.54, 1.807) is 7.11 Å². The van der Waals surface area contributed by atoms with Crippen LogP contribution in [0.15, 0.2) is 36.4 Å². The smallest absolute Gasteiger partial charge is 0.200 e. The van der Waals surface area contributed by atoms with Crippen LogP contribution in [0.5, 0.6) is 11.5 Å². The lowest BCUT2D eigenvalue weighted by Gasteiger charge is -2.20. The van der Waals surface area contributed by atoms with Gasteiger partial charge in [0.1, 0.15) is 11.5 Å². The van der Waals surface area contributed by atoms with Gasteiger partial charge in [-0.15, -0.1) is 0 Å². The highest BCUT2D eigenvalue weighted by Crippen LogP contribution is 2.32. The normalized spacial score (nSPS) is 13.2. The van der Waals surface area contributed by atoms with Crippen LogP contribution in [-0.4, -0.2) is 19.5 Å². The molecule has 2 aromatic rings. The van der Waals surface area contributed by atoms with Crippen molar-refractivity contribution in [2.45, 2.75) is 19.8 Å². The van der Waals surface area contributed by atoms with Gasteiger partial charge in [0.25, 0.3) is 0 Å². The fraction of sp³-hybridized carbons (Fsp3) is 0.278. The van der Waals surface area contributed by atoms with E-state index in [-0.39, 0.29) is 5.78 Å². The van der Waals surface area contributed by atoms with E-state index in [2.05, 4.69) is 0 Å². The molecule has 3 nitrogen and oxygen atoms in total. The number of ether oxygens (including phenoxy) is 2. The maximum absolute atomic E-state index is 12.9. The number of methoxy groups -OCH3 is 1. The molecule has 1 aliphatic rings. The van der Waals surface area contributed by atoms with E-state index in [0.717, 1.165) is 29.7 Å². The van der Waals surface area contributed by atoms with Gasteiger partial charge in [-0.2, -0.15) is 0 Å². The minimum atomic E-state index is -0.0469. The number of benzene rings is 2. The van der Waals surface area contributed by atoms with Crippen LogP contribution in [0, 0.1) is 6.92 Å². The minimum Gasteiger partial charge on any atom is -0.496 e. The van der Waals surface area contributed by atoms with Crippen molar-refractivity contribution in [3.05, 3.63) is 58.7 Å². The van der Waals surface area contributed by atoms with E-state index in [0.29, 0.717) is 23.5 Å². The van der Waals surface area contributed by atoms with Gasteiger partial charge < -0.3 is 9.47 Å². The quantitative estimate of drug-likeness (QED) is 0.807.